The lowest BCUT2D eigenvalue weighted by atomic mass is 9.72. The molecule has 2 unspecified atom stereocenters. The number of fused-ring (bicyclic) bond motifs is 4. The minimum atomic E-state index is -1.29. The number of hydrogen-bond acceptors (Lipinski definition) is 11. The summed E-state index contributed by atoms with van der Waals surface area (Å²) in [4.78, 5) is 48.8. The van der Waals surface area contributed by atoms with Gasteiger partial charge in [0.05, 0.1) is 7.11 Å². The van der Waals surface area contributed by atoms with E-state index in [0.29, 0.717) is 17.9 Å². The van der Waals surface area contributed by atoms with Crippen molar-refractivity contribution < 1.29 is 37.8 Å². The highest BCUT2D eigenvalue weighted by molar-refractivity contribution is 5.90. The minimum Gasteiger partial charge on any atom is -0.469 e. The van der Waals surface area contributed by atoms with Crippen LogP contribution < -0.4 is 20.7 Å². The number of rotatable bonds is 7. The molecule has 4 bridgehead atoms. The zero-order valence-corrected chi connectivity index (χ0v) is 27.2. The second-order valence-corrected chi connectivity index (χ2v) is 13.2. The number of anilines is 1. The fraction of sp³-hybridized carbons (Fsp3) is 0.400. The van der Waals surface area contributed by atoms with Crippen molar-refractivity contribution in [1.29, 1.82) is 0 Å². The predicted octanol–water partition coefficient (Wildman–Crippen LogP) is 3.86. The molecular weight excluding hydrogens is 618 g/mol. The summed E-state index contributed by atoms with van der Waals surface area (Å²) in [5.41, 5.74) is 2.28. The second kappa shape index (κ2) is 11.8. The van der Waals surface area contributed by atoms with Crippen LogP contribution in [-0.4, -0.2) is 58.3 Å². The third kappa shape index (κ3) is 5.00. The van der Waals surface area contributed by atoms with Gasteiger partial charge in [-0.25, -0.2) is 14.8 Å². The molecule has 5 heterocycles. The molecule has 1 spiro atoms. The van der Waals surface area contributed by atoms with Gasteiger partial charge < -0.3 is 39.4 Å². The lowest BCUT2D eigenvalue weighted by Crippen LogP contribution is -2.52. The summed E-state index contributed by atoms with van der Waals surface area (Å²) in [6.45, 7) is 7.48. The lowest BCUT2D eigenvalue weighted by molar-refractivity contribution is -0.135. The van der Waals surface area contributed by atoms with Gasteiger partial charge in [-0.1, -0.05) is 58.0 Å². The number of methoxy groups -OCH3 is 1. The fourth-order valence-electron chi connectivity index (χ4n) is 6.80. The van der Waals surface area contributed by atoms with Crippen molar-refractivity contribution in [3.8, 4) is 17.3 Å². The van der Waals surface area contributed by atoms with Gasteiger partial charge in [0.1, 0.15) is 35.6 Å². The van der Waals surface area contributed by atoms with Crippen LogP contribution in [0.4, 0.5) is 5.69 Å². The number of nitrogens with one attached hydrogen (secondary N) is 3. The van der Waals surface area contributed by atoms with E-state index < -0.39 is 47.6 Å². The van der Waals surface area contributed by atoms with Crippen molar-refractivity contribution in [2.45, 2.75) is 70.4 Å². The van der Waals surface area contributed by atoms with E-state index in [1.165, 1.54) is 13.4 Å². The Bertz CT molecular complexity index is 1910. The van der Waals surface area contributed by atoms with Gasteiger partial charge in [-0.05, 0) is 41.5 Å². The number of amides is 2. The van der Waals surface area contributed by atoms with Crippen LogP contribution >= 0.6 is 0 Å². The molecule has 3 aliphatic rings. The van der Waals surface area contributed by atoms with Gasteiger partial charge in [-0.2, -0.15) is 0 Å². The van der Waals surface area contributed by atoms with E-state index in [4.69, 9.17) is 23.3 Å². The van der Waals surface area contributed by atoms with Crippen LogP contribution in [0.1, 0.15) is 79.0 Å². The van der Waals surface area contributed by atoms with Crippen LogP contribution in [0.15, 0.2) is 57.6 Å². The van der Waals surface area contributed by atoms with Crippen LogP contribution in [0.25, 0.3) is 11.6 Å². The summed E-state index contributed by atoms with van der Waals surface area (Å²) in [6.07, 6.45) is -0.171. The first-order valence-corrected chi connectivity index (χ1v) is 16.0. The molecule has 0 fully saturated rings. The van der Waals surface area contributed by atoms with Crippen molar-refractivity contribution in [3.63, 3.8) is 0 Å². The van der Waals surface area contributed by atoms with Gasteiger partial charge in [0.15, 0.2) is 23.4 Å². The number of aromatic nitrogens is 2. The van der Waals surface area contributed by atoms with Crippen LogP contribution in [0.5, 0.6) is 5.75 Å². The lowest BCUT2D eigenvalue weighted by Gasteiger charge is -2.28. The summed E-state index contributed by atoms with van der Waals surface area (Å²) in [5, 5.41) is 19.9. The number of carbonyl (C=O) groups is 3. The smallest absolute Gasteiger partial charge is 0.360 e. The van der Waals surface area contributed by atoms with E-state index in [1.807, 2.05) is 56.3 Å². The molecule has 4 aromatic rings. The van der Waals surface area contributed by atoms with E-state index in [-0.39, 0.29) is 41.4 Å². The molecule has 0 radical (unpaired) electrons. The topological polar surface area (TPSA) is 178 Å². The minimum absolute atomic E-state index is 0.0276. The SMILES string of the molecule is COC(=O)c1coc(-c2nc3oc2C24c5ccccc5NC2Oc2ccc(cc24)C[C@H](NC(=O)[C@@H](O)C(C)C)C(=O)N[C@H]3CC(C)C)n1. The zero-order valence-electron chi connectivity index (χ0n) is 27.2. The molecule has 0 saturated heterocycles. The van der Waals surface area contributed by atoms with E-state index in [9.17, 15) is 19.5 Å². The maximum absolute atomic E-state index is 14.0. The van der Waals surface area contributed by atoms with Crippen LogP contribution in [-0.2, 0) is 26.2 Å². The summed E-state index contributed by atoms with van der Waals surface area (Å²) in [5.74, 6) is -0.863. The highest BCUT2D eigenvalue weighted by Crippen LogP contribution is 2.59. The predicted molar refractivity (Wildman–Crippen MR) is 171 cm³/mol. The normalized spacial score (nSPS) is 22.8. The maximum atomic E-state index is 14.0. The number of esters is 1. The zero-order chi connectivity index (χ0) is 33.9. The van der Waals surface area contributed by atoms with Crippen molar-refractivity contribution in [2.24, 2.45) is 11.8 Å². The number of ether oxygens (including phenoxy) is 2. The molecule has 0 saturated carbocycles. The van der Waals surface area contributed by atoms with E-state index in [1.54, 1.807) is 13.8 Å². The number of hydrogen-bond donors (Lipinski definition) is 4. The molecule has 3 aliphatic heterocycles. The van der Waals surface area contributed by atoms with Gasteiger partial charge in [0.25, 0.3) is 0 Å². The Morgan fingerprint density at radius 2 is 1.90 bits per heavy atom. The average Bonchev–Trinajstić information content (AvgIpc) is 3.84. The number of carbonyl (C=O) groups excluding carboxylic acids is 3. The summed E-state index contributed by atoms with van der Waals surface area (Å²) in [6, 6.07) is 11.7. The molecule has 2 aromatic heterocycles. The molecule has 48 heavy (non-hydrogen) atoms. The highest BCUT2D eigenvalue weighted by atomic mass is 16.5. The van der Waals surface area contributed by atoms with Crippen LogP contribution in [0.3, 0.4) is 0 Å². The summed E-state index contributed by atoms with van der Waals surface area (Å²) < 4.78 is 24.1. The van der Waals surface area contributed by atoms with Gasteiger partial charge in [0, 0.05) is 17.7 Å². The van der Waals surface area contributed by atoms with E-state index >= 15 is 0 Å². The Labute approximate surface area is 276 Å². The number of oxazole rings is 2. The fourth-order valence-corrected chi connectivity index (χ4v) is 6.80. The van der Waals surface area contributed by atoms with E-state index in [0.717, 1.165) is 22.4 Å². The first-order valence-electron chi connectivity index (χ1n) is 16.0. The van der Waals surface area contributed by atoms with Gasteiger partial charge in [-0.15, -0.1) is 0 Å². The van der Waals surface area contributed by atoms with Crippen molar-refractivity contribution in [2.75, 3.05) is 12.4 Å². The largest absolute Gasteiger partial charge is 0.469 e. The first kappa shape index (κ1) is 31.4. The molecule has 0 aliphatic carbocycles. The van der Waals surface area contributed by atoms with Crippen LogP contribution in [0, 0.1) is 11.8 Å². The monoisotopic (exact) mass is 655 g/mol. The second-order valence-electron chi connectivity index (χ2n) is 13.2. The molecule has 13 heteroatoms. The Morgan fingerprint density at radius 1 is 1.10 bits per heavy atom. The number of nitrogens with zero attached hydrogens (tertiary/aromatic N) is 2. The molecule has 2 aromatic carbocycles. The van der Waals surface area contributed by atoms with E-state index in [2.05, 4.69) is 20.9 Å². The number of aliphatic hydroxyl groups excluding tert-OH is 1. The summed E-state index contributed by atoms with van der Waals surface area (Å²) in [7, 11) is 1.26. The number of aliphatic hydroxyl groups is 1. The third-order valence-corrected chi connectivity index (χ3v) is 9.14. The standard InChI is InChI=1S/C35H37N5O8/c1-16(2)12-23-31-40-26(32-38-24(15-46-32)33(44)45-5)28(48-31)35-19-8-6-7-9-21(19)39-34(35)47-25-11-10-18(13-20(25)35)14-22(29(42)37-23)36-30(43)27(41)17(3)4/h6-11,13,15-17,22-23,27,34,39,41H,12,14H2,1-5H3,(H,36,43)(H,37,42)/t22-,23-,27-,34?,35?/m0/s1. The van der Waals surface area contributed by atoms with Gasteiger partial charge >= 0.3 is 5.97 Å². The quantitative estimate of drug-likeness (QED) is 0.213. The Balaban J connectivity index is 1.47. The molecular formula is C35H37N5O8. The first-order chi connectivity index (χ1) is 23.0. The Morgan fingerprint density at radius 3 is 2.65 bits per heavy atom. The maximum Gasteiger partial charge on any atom is 0.360 e. The molecule has 250 valence electrons. The van der Waals surface area contributed by atoms with Gasteiger partial charge in [-0.3, -0.25) is 9.59 Å². The van der Waals surface area contributed by atoms with Crippen molar-refractivity contribution in [3.05, 3.63) is 82.8 Å². The van der Waals surface area contributed by atoms with Crippen molar-refractivity contribution in [1.82, 2.24) is 20.6 Å². The molecule has 4 N–H and O–H groups in total. The van der Waals surface area contributed by atoms with Crippen molar-refractivity contribution >= 4 is 23.5 Å². The molecule has 5 atom stereocenters. The third-order valence-electron chi connectivity index (χ3n) is 9.14. The Kier molecular flexibility index (Phi) is 7.74. The molecule has 13 nitrogen and oxygen atoms in total. The Hall–Kier alpha value is -5.17. The van der Waals surface area contributed by atoms with Crippen LogP contribution in [0.2, 0.25) is 0 Å². The highest BCUT2D eigenvalue weighted by Gasteiger charge is 2.61. The average molecular weight is 656 g/mol. The van der Waals surface area contributed by atoms with Gasteiger partial charge in [0.2, 0.25) is 23.6 Å². The number of para-hydroxylation sites is 1. The summed E-state index contributed by atoms with van der Waals surface area (Å²) >= 11 is 0. The molecule has 7 rings (SSSR count). The molecule has 2 amide bonds. The number of benzene rings is 2.